The van der Waals surface area contributed by atoms with Gasteiger partial charge in [0, 0.05) is 31.5 Å². The Morgan fingerprint density at radius 3 is 2.93 bits per heavy atom. The van der Waals surface area contributed by atoms with Gasteiger partial charge in [0.2, 0.25) is 11.5 Å². The number of carbonyl (C=O) groups excluding carboxylic acids is 1. The van der Waals surface area contributed by atoms with Gasteiger partial charge in [0.05, 0.1) is 25.4 Å². The van der Waals surface area contributed by atoms with Crippen molar-refractivity contribution < 1.29 is 14.3 Å². The van der Waals surface area contributed by atoms with Crippen molar-refractivity contribution >= 4 is 18.2 Å². The summed E-state index contributed by atoms with van der Waals surface area (Å²) < 4.78 is 13.4. The number of amides is 1. The number of benzene rings is 1. The van der Waals surface area contributed by atoms with Crippen LogP contribution in [0.4, 0.5) is 5.69 Å². The zero-order valence-electron chi connectivity index (χ0n) is 15.5. The van der Waals surface area contributed by atoms with E-state index in [9.17, 15) is 9.59 Å². The third kappa shape index (κ3) is 3.71. The van der Waals surface area contributed by atoms with Crippen LogP contribution in [0.2, 0.25) is 0 Å². The van der Waals surface area contributed by atoms with Crippen molar-refractivity contribution in [3.05, 3.63) is 45.1 Å². The summed E-state index contributed by atoms with van der Waals surface area (Å²) in [6, 6.07) is 5.64. The molecule has 1 saturated heterocycles. The van der Waals surface area contributed by atoms with E-state index in [1.165, 1.54) is 0 Å². The minimum Gasteiger partial charge on any atom is -0.475 e. The number of primary amides is 1. The van der Waals surface area contributed by atoms with Crippen molar-refractivity contribution in [2.24, 2.45) is 10.7 Å². The SMILES string of the molecule is C=c1c(=O)[nH]c2n1Cc1cc(OC(CCC(N)=O)N3CCOCC3)ccc1N=2. The van der Waals surface area contributed by atoms with Crippen LogP contribution in [0.5, 0.6) is 5.75 Å². The molecule has 1 fully saturated rings. The number of fused-ring (bicyclic) bond motifs is 2. The Morgan fingerprint density at radius 1 is 1.39 bits per heavy atom. The lowest BCUT2D eigenvalue weighted by Gasteiger charge is -2.34. The molecule has 1 amide bonds. The molecule has 2 aliphatic rings. The summed E-state index contributed by atoms with van der Waals surface area (Å²) in [7, 11) is 0. The van der Waals surface area contributed by atoms with Crippen LogP contribution in [-0.4, -0.2) is 52.9 Å². The maximum atomic E-state index is 11.8. The second-order valence-electron chi connectivity index (χ2n) is 6.94. The molecule has 1 aromatic carbocycles. The van der Waals surface area contributed by atoms with Gasteiger partial charge in [0.1, 0.15) is 11.1 Å². The van der Waals surface area contributed by atoms with Crippen molar-refractivity contribution in [1.29, 1.82) is 0 Å². The molecule has 3 heterocycles. The normalized spacial score (nSPS) is 17.3. The molecular weight excluding hydrogens is 362 g/mol. The van der Waals surface area contributed by atoms with Gasteiger partial charge in [-0.05, 0) is 18.2 Å². The number of nitrogens with one attached hydrogen (secondary N) is 1. The highest BCUT2D eigenvalue weighted by Crippen LogP contribution is 2.27. The Bertz CT molecular complexity index is 1050. The van der Waals surface area contributed by atoms with Gasteiger partial charge >= 0.3 is 0 Å². The predicted molar refractivity (Wildman–Crippen MR) is 102 cm³/mol. The van der Waals surface area contributed by atoms with Gasteiger partial charge in [0.15, 0.2) is 6.23 Å². The number of hydrogen-bond acceptors (Lipinski definition) is 6. The van der Waals surface area contributed by atoms with Crippen LogP contribution in [0.1, 0.15) is 18.4 Å². The highest BCUT2D eigenvalue weighted by molar-refractivity contribution is 5.73. The van der Waals surface area contributed by atoms with Gasteiger partial charge in [-0.15, -0.1) is 0 Å². The van der Waals surface area contributed by atoms with Crippen molar-refractivity contribution in [2.75, 3.05) is 26.3 Å². The quantitative estimate of drug-likeness (QED) is 0.577. The van der Waals surface area contributed by atoms with E-state index >= 15 is 0 Å². The van der Waals surface area contributed by atoms with Crippen LogP contribution < -0.4 is 27.0 Å². The van der Waals surface area contributed by atoms with Gasteiger partial charge < -0.3 is 19.8 Å². The van der Waals surface area contributed by atoms with Crippen molar-refractivity contribution in [1.82, 2.24) is 14.5 Å². The fourth-order valence-electron chi connectivity index (χ4n) is 3.51. The van der Waals surface area contributed by atoms with E-state index in [0.717, 1.165) is 24.3 Å². The lowest BCUT2D eigenvalue weighted by atomic mass is 10.1. The molecule has 0 bridgehead atoms. The lowest BCUT2D eigenvalue weighted by Crippen LogP contribution is -2.46. The van der Waals surface area contributed by atoms with Crippen LogP contribution in [0.25, 0.3) is 6.58 Å². The summed E-state index contributed by atoms with van der Waals surface area (Å²) in [4.78, 5) is 32.4. The number of aromatic nitrogens is 2. The molecule has 0 aliphatic carbocycles. The van der Waals surface area contributed by atoms with Gasteiger partial charge in [-0.25, -0.2) is 4.99 Å². The maximum absolute atomic E-state index is 11.8. The first-order valence-corrected chi connectivity index (χ1v) is 9.27. The molecule has 148 valence electrons. The first-order valence-electron chi connectivity index (χ1n) is 9.27. The second-order valence-corrected chi connectivity index (χ2v) is 6.94. The second kappa shape index (κ2) is 7.61. The number of nitrogens with two attached hydrogens (primary N) is 1. The van der Waals surface area contributed by atoms with E-state index in [4.69, 9.17) is 15.2 Å². The summed E-state index contributed by atoms with van der Waals surface area (Å²) >= 11 is 0. The van der Waals surface area contributed by atoms with E-state index in [1.54, 1.807) is 4.57 Å². The minimum absolute atomic E-state index is 0.234. The minimum atomic E-state index is -0.348. The summed E-state index contributed by atoms with van der Waals surface area (Å²) in [6.45, 7) is 7.05. The van der Waals surface area contributed by atoms with Crippen molar-refractivity contribution in [3.63, 3.8) is 0 Å². The van der Waals surface area contributed by atoms with Crippen molar-refractivity contribution in [3.8, 4) is 5.75 Å². The first-order chi connectivity index (χ1) is 13.5. The predicted octanol–water partition coefficient (Wildman–Crippen LogP) is -0.798. The molecule has 1 atom stereocenters. The standard InChI is InChI=1S/C19H23N5O4/c1-12-18(26)22-19-21-15-3-2-14(10-13(15)11-24(12)19)28-17(5-4-16(20)25)23-6-8-27-9-7-23/h2-3,10,17H,1,4-9,11H2,(H2,20,25)(H,21,22,26). The fourth-order valence-corrected chi connectivity index (χ4v) is 3.51. The molecule has 2 aromatic rings. The Kier molecular flexibility index (Phi) is 5.01. The van der Waals surface area contributed by atoms with E-state index in [-0.39, 0.29) is 24.1 Å². The van der Waals surface area contributed by atoms with Crippen LogP contribution in [0.3, 0.4) is 0 Å². The summed E-state index contributed by atoms with van der Waals surface area (Å²) in [5.74, 6) is 0.335. The smallest absolute Gasteiger partial charge is 0.274 e. The van der Waals surface area contributed by atoms with Gasteiger partial charge in [0.25, 0.3) is 5.56 Å². The van der Waals surface area contributed by atoms with Crippen LogP contribution in [0.15, 0.2) is 28.0 Å². The largest absolute Gasteiger partial charge is 0.475 e. The fraction of sp³-hybridized carbons (Fsp3) is 0.421. The Morgan fingerprint density at radius 2 is 2.18 bits per heavy atom. The molecule has 3 N–H and O–H groups in total. The number of imidazole rings is 1. The summed E-state index contributed by atoms with van der Waals surface area (Å²) in [6.07, 6.45) is 0.500. The highest BCUT2D eigenvalue weighted by Gasteiger charge is 2.24. The zero-order chi connectivity index (χ0) is 19.7. The Balaban J connectivity index is 1.57. The first kappa shape index (κ1) is 18.5. The molecular formula is C19H23N5O4. The molecule has 0 spiro atoms. The molecule has 0 radical (unpaired) electrons. The van der Waals surface area contributed by atoms with Gasteiger partial charge in [-0.3, -0.25) is 19.5 Å². The average Bonchev–Trinajstić information content (AvgIpc) is 2.97. The molecule has 28 heavy (non-hydrogen) atoms. The summed E-state index contributed by atoms with van der Waals surface area (Å²) in [5, 5.41) is 0.378. The Hall–Kier alpha value is -2.91. The van der Waals surface area contributed by atoms with E-state index in [0.29, 0.717) is 42.9 Å². The number of ether oxygens (including phenoxy) is 2. The maximum Gasteiger partial charge on any atom is 0.274 e. The third-order valence-corrected chi connectivity index (χ3v) is 5.04. The van der Waals surface area contributed by atoms with Gasteiger partial charge in [-0.1, -0.05) is 6.58 Å². The number of rotatable bonds is 6. The molecule has 9 nitrogen and oxygen atoms in total. The molecule has 1 aromatic heterocycles. The number of hydrogen-bond donors (Lipinski definition) is 2. The summed E-state index contributed by atoms with van der Waals surface area (Å²) in [5.41, 5.74) is 7.32. The van der Waals surface area contributed by atoms with Crippen molar-refractivity contribution in [2.45, 2.75) is 25.6 Å². The number of H-pyrrole nitrogens is 1. The third-order valence-electron chi connectivity index (χ3n) is 5.04. The van der Waals surface area contributed by atoms with E-state index in [2.05, 4.69) is 21.5 Å². The highest BCUT2D eigenvalue weighted by atomic mass is 16.5. The number of carbonyl (C=O) groups is 1. The molecule has 0 saturated carbocycles. The van der Waals surface area contributed by atoms with Crippen LogP contribution in [0, 0.1) is 0 Å². The van der Waals surface area contributed by atoms with Crippen LogP contribution >= 0.6 is 0 Å². The average molecular weight is 385 g/mol. The lowest BCUT2D eigenvalue weighted by molar-refractivity contribution is -0.119. The monoisotopic (exact) mass is 385 g/mol. The zero-order valence-corrected chi connectivity index (χ0v) is 15.5. The van der Waals surface area contributed by atoms with Crippen LogP contribution in [-0.2, 0) is 16.1 Å². The number of aromatic amines is 1. The number of nitrogens with zero attached hydrogens (tertiary/aromatic N) is 3. The number of morpholine rings is 1. The molecule has 2 aliphatic heterocycles. The van der Waals surface area contributed by atoms with E-state index < -0.39 is 0 Å². The molecule has 4 rings (SSSR count). The molecule has 1 unspecified atom stereocenters. The Labute approximate surface area is 161 Å². The van der Waals surface area contributed by atoms with E-state index in [1.807, 2.05) is 18.2 Å². The molecule has 9 heteroatoms. The van der Waals surface area contributed by atoms with Gasteiger partial charge in [-0.2, -0.15) is 0 Å². The topological polar surface area (TPSA) is 115 Å².